The van der Waals surface area contributed by atoms with Gasteiger partial charge in [0.25, 0.3) is 11.1 Å². The van der Waals surface area contributed by atoms with Crippen LogP contribution in [-0.2, 0) is 14.3 Å². The molecule has 3 atom stereocenters. The van der Waals surface area contributed by atoms with Crippen molar-refractivity contribution in [3.8, 4) is 0 Å². The van der Waals surface area contributed by atoms with Crippen LogP contribution in [0.15, 0.2) is 78.3 Å². The quantitative estimate of drug-likeness (QED) is 0.356. The van der Waals surface area contributed by atoms with Crippen molar-refractivity contribution in [1.29, 1.82) is 0 Å². The molecule has 8 nitrogen and oxygen atoms in total. The zero-order chi connectivity index (χ0) is 28.1. The highest BCUT2D eigenvalue weighted by molar-refractivity contribution is 7.80. The number of thiocarbonyl (C=S) groups is 1. The summed E-state index contributed by atoms with van der Waals surface area (Å²) >= 11 is 5.55. The molecule has 0 spiro atoms. The van der Waals surface area contributed by atoms with E-state index < -0.39 is 18.2 Å². The highest BCUT2D eigenvalue weighted by atomic mass is 32.1. The summed E-state index contributed by atoms with van der Waals surface area (Å²) in [5.74, 6) is -0.544. The summed E-state index contributed by atoms with van der Waals surface area (Å²) in [7, 11) is 1.72. The van der Waals surface area contributed by atoms with Crippen molar-refractivity contribution >= 4 is 40.6 Å². The number of nitrogens with zero attached hydrogens (tertiary/aromatic N) is 4. The zero-order valence-corrected chi connectivity index (χ0v) is 23.7. The second kappa shape index (κ2) is 12.6. The highest BCUT2D eigenvalue weighted by Gasteiger charge is 2.39. The zero-order valence-electron chi connectivity index (χ0n) is 22.9. The lowest BCUT2D eigenvalue weighted by molar-refractivity contribution is -0.132. The number of unbranched alkanes of at least 4 members (excludes halogenated alkanes) is 1. The lowest BCUT2D eigenvalue weighted by Crippen LogP contribution is -2.50. The molecule has 1 aliphatic heterocycles. The molecular weight excluding hydrogens is 522 g/mol. The monoisotopic (exact) mass is 557 g/mol. The molecule has 1 aromatic heterocycles. The Kier molecular flexibility index (Phi) is 8.69. The van der Waals surface area contributed by atoms with Crippen LogP contribution in [0.4, 0.5) is 5.69 Å². The Labute approximate surface area is 240 Å². The van der Waals surface area contributed by atoms with Gasteiger partial charge in [0.05, 0.1) is 17.3 Å². The van der Waals surface area contributed by atoms with E-state index >= 15 is 0 Å². The Balaban J connectivity index is 1.45. The van der Waals surface area contributed by atoms with Crippen molar-refractivity contribution in [2.45, 2.75) is 57.7 Å². The van der Waals surface area contributed by atoms with Gasteiger partial charge in [-0.3, -0.25) is 14.2 Å². The van der Waals surface area contributed by atoms with Crippen LogP contribution in [-0.4, -0.2) is 51.6 Å². The molecule has 1 fully saturated rings. The third-order valence-electron chi connectivity index (χ3n) is 7.55. The first-order valence-electron chi connectivity index (χ1n) is 14.0. The lowest BCUT2D eigenvalue weighted by atomic mass is 9.91. The van der Waals surface area contributed by atoms with Gasteiger partial charge < -0.3 is 15.0 Å². The van der Waals surface area contributed by atoms with Crippen molar-refractivity contribution < 1.29 is 14.3 Å². The van der Waals surface area contributed by atoms with Crippen LogP contribution in [0.5, 0.6) is 0 Å². The average Bonchev–Trinajstić information content (AvgIpc) is 3.65. The van der Waals surface area contributed by atoms with E-state index in [4.69, 9.17) is 21.9 Å². The molecule has 40 heavy (non-hydrogen) atoms. The van der Waals surface area contributed by atoms with Crippen molar-refractivity contribution in [3.63, 3.8) is 0 Å². The van der Waals surface area contributed by atoms with E-state index in [1.807, 2.05) is 54.6 Å². The van der Waals surface area contributed by atoms with Gasteiger partial charge in [-0.15, -0.1) is 0 Å². The molecule has 208 valence electrons. The number of aromatic nitrogens is 2. The van der Waals surface area contributed by atoms with Crippen LogP contribution >= 0.6 is 12.2 Å². The van der Waals surface area contributed by atoms with Gasteiger partial charge in [0.2, 0.25) is 12.1 Å². The number of anilines is 1. The molecule has 1 aliphatic carbocycles. The van der Waals surface area contributed by atoms with E-state index in [9.17, 15) is 9.59 Å². The predicted octanol–water partition coefficient (Wildman–Crippen LogP) is 4.96. The van der Waals surface area contributed by atoms with E-state index in [1.54, 1.807) is 35.2 Å². The number of carbonyl (C=O) groups excluding carboxylic acids is 2. The third-order valence-corrected chi connectivity index (χ3v) is 7.86. The van der Waals surface area contributed by atoms with Crippen LogP contribution in [0.1, 0.15) is 56.6 Å². The van der Waals surface area contributed by atoms with Crippen molar-refractivity contribution in [1.82, 2.24) is 14.9 Å². The van der Waals surface area contributed by atoms with E-state index in [0.29, 0.717) is 24.5 Å². The number of rotatable bonds is 10. The van der Waals surface area contributed by atoms with Gasteiger partial charge in [0.15, 0.2) is 0 Å². The first-order valence-corrected chi connectivity index (χ1v) is 14.4. The minimum Gasteiger partial charge on any atom is -0.466 e. The maximum absolute atomic E-state index is 14.0. The van der Waals surface area contributed by atoms with Gasteiger partial charge >= 0.3 is 0 Å². The minimum atomic E-state index is -1.07. The molecule has 9 heteroatoms. The minimum absolute atomic E-state index is 0.240. The number of aliphatic imine (C=N–C) groups is 1. The number of likely N-dealkylation sites (N-methyl/N-ethyl adjacent to an activating group) is 1. The van der Waals surface area contributed by atoms with Gasteiger partial charge in [0.1, 0.15) is 12.4 Å². The number of amides is 2. The van der Waals surface area contributed by atoms with Crippen LogP contribution in [0, 0.1) is 11.8 Å². The van der Waals surface area contributed by atoms with E-state index in [1.165, 1.54) is 0 Å². The van der Waals surface area contributed by atoms with Gasteiger partial charge in [-0.05, 0) is 37.0 Å². The van der Waals surface area contributed by atoms with Gasteiger partial charge in [0, 0.05) is 30.6 Å². The Morgan fingerprint density at radius 2 is 1.90 bits per heavy atom. The summed E-state index contributed by atoms with van der Waals surface area (Å²) in [6.07, 6.45) is 8.85. The number of nitrogens with one attached hydrogen (secondary N) is 1. The van der Waals surface area contributed by atoms with Crippen LogP contribution in [0.2, 0.25) is 0 Å². The van der Waals surface area contributed by atoms with Crippen LogP contribution in [0.25, 0.3) is 0 Å². The van der Waals surface area contributed by atoms with Crippen LogP contribution < -0.4 is 10.2 Å². The molecular formula is C31H35N5O3S. The number of carbonyl (C=O) groups is 2. The predicted molar refractivity (Wildman–Crippen MR) is 159 cm³/mol. The molecule has 2 heterocycles. The fraction of sp³-hybridized carbons (Fsp3) is 0.387. The van der Waals surface area contributed by atoms with Gasteiger partial charge in [-0.25, -0.2) is 9.98 Å². The maximum Gasteiger partial charge on any atom is 0.272 e. The number of para-hydroxylation sites is 1. The summed E-state index contributed by atoms with van der Waals surface area (Å²) in [6, 6.07) is 17.4. The molecule has 2 aliphatic rings. The molecule has 0 bridgehead atoms. The van der Waals surface area contributed by atoms with Crippen LogP contribution in [0.3, 0.4) is 0 Å². The van der Waals surface area contributed by atoms with Gasteiger partial charge in [-0.2, -0.15) is 0 Å². The topological polar surface area (TPSA) is 88.8 Å². The molecule has 3 aromatic rings. The van der Waals surface area contributed by atoms with Crippen molar-refractivity contribution in [3.05, 3.63) is 84.4 Å². The smallest absolute Gasteiger partial charge is 0.272 e. The standard InChI is InChI=1S/C31H35N5O3S/c1-3-4-14-26(39-31(40)36-18-17-32-20-36)24(19-21-15-16-21)29(37)34-28-30(38)35(2)25-13-9-8-12-23(25)27(33-28)22-10-6-5-7-11-22/h5-13,17-18,20-21,24,26,28H,3-4,14-16,19H2,1-2H3,(H,34,37)/t24-,26?,28-/m1/s1. The summed E-state index contributed by atoms with van der Waals surface area (Å²) in [5.41, 5.74) is 3.13. The fourth-order valence-corrected chi connectivity index (χ4v) is 5.36. The van der Waals surface area contributed by atoms with Crippen molar-refractivity contribution in [2.24, 2.45) is 16.8 Å². The van der Waals surface area contributed by atoms with E-state index in [2.05, 4.69) is 17.2 Å². The molecule has 0 saturated heterocycles. The third kappa shape index (κ3) is 6.31. The Morgan fingerprint density at radius 3 is 2.60 bits per heavy atom. The summed E-state index contributed by atoms with van der Waals surface area (Å²) in [5, 5.41) is 3.27. The Morgan fingerprint density at radius 1 is 1.15 bits per heavy atom. The lowest BCUT2D eigenvalue weighted by Gasteiger charge is -2.29. The number of benzodiazepines with no additional fused rings is 1. The number of fused-ring (bicyclic) bond motifs is 1. The number of hydrogen-bond acceptors (Lipinski definition) is 6. The summed E-state index contributed by atoms with van der Waals surface area (Å²) in [4.78, 5) is 38.2. The normalized spacial score (nSPS) is 18.2. The molecule has 0 radical (unpaired) electrons. The second-order valence-electron chi connectivity index (χ2n) is 10.5. The highest BCUT2D eigenvalue weighted by Crippen LogP contribution is 2.38. The molecule has 2 aromatic carbocycles. The number of ether oxygens (including phenoxy) is 1. The summed E-state index contributed by atoms with van der Waals surface area (Å²) in [6.45, 7) is 2.11. The van der Waals surface area contributed by atoms with E-state index in [-0.39, 0.29) is 17.0 Å². The number of imidazole rings is 1. The largest absolute Gasteiger partial charge is 0.466 e. The molecule has 1 N–H and O–H groups in total. The average molecular weight is 558 g/mol. The first kappa shape index (κ1) is 27.7. The second-order valence-corrected chi connectivity index (χ2v) is 10.8. The summed E-state index contributed by atoms with van der Waals surface area (Å²) < 4.78 is 7.91. The SMILES string of the molecule is CCCCC(OC(=S)n1ccnc1)[C@@H](CC1CC1)C(=O)N[C@H]1N=C(c2ccccc2)c2ccccc2N(C)C1=O. The number of hydrogen-bond donors (Lipinski definition) is 1. The molecule has 1 unspecified atom stereocenters. The van der Waals surface area contributed by atoms with Gasteiger partial charge in [-0.1, -0.05) is 81.1 Å². The first-order chi connectivity index (χ1) is 19.5. The van der Waals surface area contributed by atoms with E-state index in [0.717, 1.165) is 42.5 Å². The Bertz CT molecular complexity index is 1370. The fourth-order valence-electron chi connectivity index (χ4n) is 5.13. The number of benzene rings is 2. The van der Waals surface area contributed by atoms with Crippen molar-refractivity contribution in [2.75, 3.05) is 11.9 Å². The molecule has 5 rings (SSSR count). The Hall–Kier alpha value is -3.85. The molecule has 2 amide bonds. The molecule has 1 saturated carbocycles. The maximum atomic E-state index is 14.0.